The van der Waals surface area contributed by atoms with Gasteiger partial charge in [-0.1, -0.05) is 64.3 Å². The molecule has 2 rings (SSSR count). The third kappa shape index (κ3) is 9.91. The van der Waals surface area contributed by atoms with Crippen LogP contribution in [0.25, 0.3) is 0 Å². The summed E-state index contributed by atoms with van der Waals surface area (Å²) in [4.78, 5) is 28.5. The van der Waals surface area contributed by atoms with Crippen molar-refractivity contribution in [3.8, 4) is 5.75 Å². The van der Waals surface area contributed by atoms with Gasteiger partial charge in [0.1, 0.15) is 5.75 Å². The monoisotopic (exact) mass is 470 g/mol. The Hall–Kier alpha value is -2.47. The van der Waals surface area contributed by atoms with Crippen LogP contribution in [0.4, 0.5) is 10.5 Å². The van der Waals surface area contributed by atoms with Crippen LogP contribution in [0.2, 0.25) is 0 Å². The normalized spacial score (nSPS) is 10.6. The van der Waals surface area contributed by atoms with Gasteiger partial charge >= 0.3 is 12.0 Å². The molecule has 0 fully saturated rings. The van der Waals surface area contributed by atoms with E-state index in [9.17, 15) is 9.59 Å². The highest BCUT2D eigenvalue weighted by Gasteiger charge is 2.15. The summed E-state index contributed by atoms with van der Waals surface area (Å²) < 4.78 is 5.40. The zero-order chi connectivity index (χ0) is 23.9. The molecule has 0 spiro atoms. The molecule has 0 radical (unpaired) electrons. The van der Waals surface area contributed by atoms with Crippen molar-refractivity contribution in [1.29, 1.82) is 0 Å². The Bertz CT molecular complexity index is 855. The van der Waals surface area contributed by atoms with Gasteiger partial charge in [-0.25, -0.2) is 4.79 Å². The molecule has 0 aliphatic heterocycles. The van der Waals surface area contributed by atoms with Crippen LogP contribution in [-0.4, -0.2) is 25.1 Å². The molecule has 0 saturated heterocycles. The Morgan fingerprint density at radius 3 is 2.33 bits per heavy atom. The number of benzene rings is 2. The lowest BCUT2D eigenvalue weighted by atomic mass is 10.2. The van der Waals surface area contributed by atoms with Gasteiger partial charge in [0.05, 0.1) is 0 Å². The minimum absolute atomic E-state index is 0.0260. The minimum Gasteiger partial charge on any atom is -0.426 e. The average molecular weight is 471 g/mol. The van der Waals surface area contributed by atoms with Gasteiger partial charge in [0.25, 0.3) is 0 Å². The topological polar surface area (TPSA) is 58.6 Å². The van der Waals surface area contributed by atoms with Crippen molar-refractivity contribution in [2.45, 2.75) is 81.9 Å². The lowest BCUT2D eigenvalue weighted by molar-refractivity contribution is -0.134. The maximum Gasteiger partial charge on any atom is 0.321 e. The van der Waals surface area contributed by atoms with Crippen LogP contribution in [0.15, 0.2) is 58.3 Å². The highest BCUT2D eigenvalue weighted by atomic mass is 32.2. The fraction of sp³-hybridized carbons (Fsp3) is 0.481. The number of anilines is 1. The molecule has 33 heavy (non-hydrogen) atoms. The second-order valence-corrected chi connectivity index (χ2v) is 9.24. The van der Waals surface area contributed by atoms with E-state index >= 15 is 0 Å². The van der Waals surface area contributed by atoms with E-state index in [1.165, 1.54) is 12.8 Å². The predicted octanol–water partition coefficient (Wildman–Crippen LogP) is 7.44. The molecule has 0 aromatic heterocycles. The van der Waals surface area contributed by atoms with Crippen LogP contribution in [0, 0.1) is 0 Å². The van der Waals surface area contributed by atoms with Crippen LogP contribution < -0.4 is 15.0 Å². The summed E-state index contributed by atoms with van der Waals surface area (Å²) in [5.41, 5.74) is 0.904. The molecule has 0 bridgehead atoms. The number of unbranched alkanes of at least 4 members (excludes halogenated alkanes) is 4. The summed E-state index contributed by atoms with van der Waals surface area (Å²) in [6, 6.07) is 15.6. The molecule has 0 aliphatic rings. The second kappa shape index (κ2) is 15.4. The summed E-state index contributed by atoms with van der Waals surface area (Å²) >= 11 is 1.60. The standard InChI is InChI=1S/C27H38N2O3S/c1-4-7-9-10-19-28-27(31)29(20-8-5-2)22-15-17-24(18-16-22)33-25-14-11-13-23(21-25)32-26(30)12-6-3/h11,13-18,21H,4-10,12,19-20H2,1-3H3,(H,28,31). The molecule has 0 saturated carbocycles. The molecular weight excluding hydrogens is 432 g/mol. The second-order valence-electron chi connectivity index (χ2n) is 8.09. The van der Waals surface area contributed by atoms with Crippen LogP contribution in [0.3, 0.4) is 0 Å². The van der Waals surface area contributed by atoms with Crippen LogP contribution in [0.1, 0.15) is 72.1 Å². The van der Waals surface area contributed by atoms with Gasteiger partial charge in [0, 0.05) is 35.0 Å². The molecule has 1 N–H and O–H groups in total. The predicted molar refractivity (Wildman–Crippen MR) is 137 cm³/mol. The van der Waals surface area contributed by atoms with E-state index in [4.69, 9.17) is 4.74 Å². The van der Waals surface area contributed by atoms with Crippen LogP contribution in [-0.2, 0) is 4.79 Å². The molecule has 2 aromatic carbocycles. The van der Waals surface area contributed by atoms with Gasteiger partial charge in [0.2, 0.25) is 0 Å². The summed E-state index contributed by atoms with van der Waals surface area (Å²) in [6.45, 7) is 7.70. The van der Waals surface area contributed by atoms with Gasteiger partial charge in [-0.15, -0.1) is 0 Å². The molecular formula is C27H38N2O3S. The zero-order valence-electron chi connectivity index (χ0n) is 20.3. The Kier molecular flexibility index (Phi) is 12.5. The number of hydrogen-bond donors (Lipinski definition) is 1. The highest BCUT2D eigenvalue weighted by Crippen LogP contribution is 2.31. The van der Waals surface area contributed by atoms with Gasteiger partial charge in [-0.3, -0.25) is 9.69 Å². The quantitative estimate of drug-likeness (QED) is 0.177. The minimum atomic E-state index is -0.209. The summed E-state index contributed by atoms with van der Waals surface area (Å²) in [7, 11) is 0. The van der Waals surface area contributed by atoms with Crippen molar-refractivity contribution in [2.24, 2.45) is 0 Å². The van der Waals surface area contributed by atoms with Gasteiger partial charge in [-0.2, -0.15) is 0 Å². The Balaban J connectivity index is 2.00. The van der Waals surface area contributed by atoms with E-state index in [0.717, 1.165) is 47.6 Å². The van der Waals surface area contributed by atoms with Crippen LogP contribution >= 0.6 is 11.8 Å². The summed E-state index contributed by atoms with van der Waals surface area (Å²) in [6.07, 6.45) is 7.75. The summed E-state index contributed by atoms with van der Waals surface area (Å²) in [5.74, 6) is 0.358. The molecule has 2 amide bonds. The lowest BCUT2D eigenvalue weighted by Crippen LogP contribution is -2.41. The Morgan fingerprint density at radius 1 is 0.879 bits per heavy atom. The van der Waals surface area contributed by atoms with E-state index in [-0.39, 0.29) is 12.0 Å². The number of amides is 2. The maximum absolute atomic E-state index is 12.8. The first-order valence-electron chi connectivity index (χ1n) is 12.2. The number of nitrogens with zero attached hydrogens (tertiary/aromatic N) is 1. The van der Waals surface area contributed by atoms with Gasteiger partial charge < -0.3 is 10.1 Å². The first-order valence-corrected chi connectivity index (χ1v) is 13.0. The fourth-order valence-electron chi connectivity index (χ4n) is 3.32. The highest BCUT2D eigenvalue weighted by molar-refractivity contribution is 7.99. The summed E-state index contributed by atoms with van der Waals surface area (Å²) in [5, 5.41) is 3.07. The number of carbonyl (C=O) groups is 2. The molecule has 0 unspecified atom stereocenters. The van der Waals surface area contributed by atoms with Gasteiger partial charge in [0.15, 0.2) is 0 Å². The average Bonchev–Trinajstić information content (AvgIpc) is 2.80. The van der Waals surface area contributed by atoms with Crippen molar-refractivity contribution in [3.05, 3.63) is 48.5 Å². The molecule has 180 valence electrons. The van der Waals surface area contributed by atoms with Gasteiger partial charge in [-0.05, 0) is 61.7 Å². The molecule has 5 nitrogen and oxygen atoms in total. The maximum atomic E-state index is 12.8. The van der Waals surface area contributed by atoms with E-state index in [0.29, 0.717) is 25.3 Å². The lowest BCUT2D eigenvalue weighted by Gasteiger charge is -2.23. The smallest absolute Gasteiger partial charge is 0.321 e. The van der Waals surface area contributed by atoms with Crippen molar-refractivity contribution in [3.63, 3.8) is 0 Å². The first-order chi connectivity index (χ1) is 16.1. The fourth-order valence-corrected chi connectivity index (χ4v) is 4.19. The number of rotatable bonds is 14. The first kappa shape index (κ1) is 26.8. The zero-order valence-corrected chi connectivity index (χ0v) is 21.1. The SMILES string of the molecule is CCCCCCNC(=O)N(CCCC)c1ccc(Sc2cccc(OC(=O)CCC)c2)cc1. The number of esters is 1. The molecule has 6 heteroatoms. The van der Waals surface area contributed by atoms with E-state index < -0.39 is 0 Å². The number of hydrogen-bond acceptors (Lipinski definition) is 4. The Labute approximate surface area is 203 Å². The molecule has 0 atom stereocenters. The number of ether oxygens (including phenoxy) is 1. The number of carbonyl (C=O) groups excluding carboxylic acids is 2. The molecule has 2 aromatic rings. The number of urea groups is 1. The van der Waals surface area contributed by atoms with E-state index in [2.05, 4.69) is 19.2 Å². The largest absolute Gasteiger partial charge is 0.426 e. The van der Waals surface area contributed by atoms with Crippen LogP contribution in [0.5, 0.6) is 5.75 Å². The van der Waals surface area contributed by atoms with Crippen molar-refractivity contribution in [1.82, 2.24) is 5.32 Å². The van der Waals surface area contributed by atoms with Crippen molar-refractivity contribution >= 4 is 29.4 Å². The van der Waals surface area contributed by atoms with Crippen molar-refractivity contribution < 1.29 is 14.3 Å². The third-order valence-corrected chi connectivity index (χ3v) is 6.16. The van der Waals surface area contributed by atoms with E-state index in [1.54, 1.807) is 17.8 Å². The van der Waals surface area contributed by atoms with E-state index in [1.807, 2.05) is 54.3 Å². The van der Waals surface area contributed by atoms with Crippen molar-refractivity contribution in [2.75, 3.05) is 18.0 Å². The Morgan fingerprint density at radius 2 is 1.64 bits per heavy atom. The molecule has 0 aliphatic carbocycles. The molecule has 0 heterocycles. The third-order valence-electron chi connectivity index (χ3n) is 5.16. The number of nitrogens with one attached hydrogen (secondary N) is 1.